The summed E-state index contributed by atoms with van der Waals surface area (Å²) in [6, 6.07) is 5.65. The minimum Gasteiger partial charge on any atom is -0.273 e. The molecule has 0 aliphatic carbocycles. The van der Waals surface area contributed by atoms with Gasteiger partial charge in [-0.1, -0.05) is 57.8 Å². The first kappa shape index (κ1) is 44.8. The zero-order valence-electron chi connectivity index (χ0n) is 35.1. The molecule has 0 aliphatic heterocycles. The summed E-state index contributed by atoms with van der Waals surface area (Å²) < 4.78 is 8.02. The van der Waals surface area contributed by atoms with Crippen molar-refractivity contribution in [1.82, 2.24) is 43.0 Å². The van der Waals surface area contributed by atoms with E-state index >= 15 is 0 Å². The minimum atomic E-state index is -0.570. The summed E-state index contributed by atoms with van der Waals surface area (Å²) in [7, 11) is 0. The largest absolute Gasteiger partial charge is 0.336 e. The number of aryl methyl sites for hydroxylation is 6. The first-order valence-corrected chi connectivity index (χ1v) is 20.9. The number of carbonyl (C=O) groups is 3. The van der Waals surface area contributed by atoms with E-state index in [0.29, 0.717) is 38.5 Å². The lowest BCUT2D eigenvalue weighted by atomic mass is 10.1. The van der Waals surface area contributed by atoms with Gasteiger partial charge in [0.25, 0.3) is 0 Å². The van der Waals surface area contributed by atoms with Crippen LogP contribution in [0.5, 0.6) is 0 Å². The highest BCUT2D eigenvalue weighted by atomic mass is 16.2. The van der Waals surface area contributed by atoms with Gasteiger partial charge >= 0.3 is 17.1 Å². The van der Waals surface area contributed by atoms with Crippen LogP contribution in [0.4, 0.5) is 0 Å². The molecule has 0 bridgehead atoms. The molecule has 0 amide bonds. The second-order valence-electron chi connectivity index (χ2n) is 15.6. The highest BCUT2D eigenvalue weighted by Crippen LogP contribution is 2.12. The van der Waals surface area contributed by atoms with Crippen molar-refractivity contribution in [2.45, 2.75) is 177 Å². The Morgan fingerprint density at radius 1 is 0.386 bits per heavy atom. The van der Waals surface area contributed by atoms with Gasteiger partial charge in [0.2, 0.25) is 17.7 Å². The summed E-state index contributed by atoms with van der Waals surface area (Å²) in [4.78, 5) is 78.4. The Morgan fingerprint density at radius 3 is 0.842 bits per heavy atom. The van der Waals surface area contributed by atoms with E-state index in [1.807, 2.05) is 59.7 Å². The zero-order chi connectivity index (χ0) is 41.5. The lowest BCUT2D eigenvalue weighted by Crippen LogP contribution is -2.54. The average molecular weight is 790 g/mol. The molecule has 0 unspecified atom stereocenters. The molecular formula is C42H63N9O6. The number of rotatable bonds is 24. The highest BCUT2D eigenvalue weighted by Gasteiger charge is 2.16. The Balaban J connectivity index is 1.27. The van der Waals surface area contributed by atoms with Crippen LogP contribution in [0.25, 0.3) is 0 Å². The van der Waals surface area contributed by atoms with Gasteiger partial charge in [0.1, 0.15) is 0 Å². The maximum atomic E-state index is 13.6. The first-order valence-electron chi connectivity index (χ1n) is 20.9. The molecule has 57 heavy (non-hydrogen) atoms. The van der Waals surface area contributed by atoms with Gasteiger partial charge in [0.15, 0.2) is 0 Å². The van der Waals surface area contributed by atoms with Crippen molar-refractivity contribution in [2.24, 2.45) is 0 Å². The van der Waals surface area contributed by atoms with E-state index in [1.165, 1.54) is 27.7 Å². The lowest BCUT2D eigenvalue weighted by Gasteiger charge is -2.14. The van der Waals surface area contributed by atoms with E-state index in [2.05, 4.69) is 15.3 Å². The van der Waals surface area contributed by atoms with Crippen LogP contribution in [0.3, 0.4) is 0 Å². The monoisotopic (exact) mass is 789 g/mol. The van der Waals surface area contributed by atoms with Crippen molar-refractivity contribution in [1.29, 1.82) is 0 Å². The van der Waals surface area contributed by atoms with Crippen LogP contribution >= 0.6 is 0 Å². The van der Waals surface area contributed by atoms with Gasteiger partial charge in [-0.25, -0.2) is 42.1 Å². The van der Waals surface area contributed by atoms with Crippen LogP contribution < -0.4 is 17.1 Å². The predicted molar refractivity (Wildman–Crippen MR) is 219 cm³/mol. The smallest absolute Gasteiger partial charge is 0.273 e. The van der Waals surface area contributed by atoms with Gasteiger partial charge in [-0.05, 0) is 98.3 Å². The van der Waals surface area contributed by atoms with E-state index in [0.717, 1.165) is 111 Å². The third kappa shape index (κ3) is 13.0. The fourth-order valence-corrected chi connectivity index (χ4v) is 7.45. The number of hydrogen-bond acceptors (Lipinski definition) is 9. The van der Waals surface area contributed by atoms with Gasteiger partial charge in [0.05, 0.1) is 17.1 Å². The van der Waals surface area contributed by atoms with Crippen LogP contribution in [-0.2, 0) is 19.6 Å². The first-order chi connectivity index (χ1) is 27.3. The van der Waals surface area contributed by atoms with Crippen LogP contribution in [0.15, 0.2) is 32.6 Å². The number of hydrogen-bond donors (Lipinski definition) is 0. The molecule has 15 heteroatoms. The normalized spacial score (nSPS) is 11.5. The quantitative estimate of drug-likeness (QED) is 0.0705. The van der Waals surface area contributed by atoms with E-state index < -0.39 is 17.1 Å². The molecule has 0 radical (unpaired) electrons. The van der Waals surface area contributed by atoms with Gasteiger partial charge in [-0.2, -0.15) is 15.3 Å². The van der Waals surface area contributed by atoms with Crippen LogP contribution in [0, 0.1) is 41.5 Å². The second-order valence-corrected chi connectivity index (χ2v) is 15.6. The molecule has 4 rings (SSSR count). The van der Waals surface area contributed by atoms with Crippen LogP contribution in [0.1, 0.15) is 164 Å². The van der Waals surface area contributed by atoms with Crippen molar-refractivity contribution in [3.8, 4) is 0 Å². The molecule has 0 fully saturated rings. The molecule has 312 valence electrons. The third-order valence-corrected chi connectivity index (χ3v) is 10.4. The molecule has 4 aromatic rings. The van der Waals surface area contributed by atoms with E-state index in [4.69, 9.17) is 0 Å². The number of carbonyl (C=O) groups excluding carboxylic acids is 3. The topological polar surface area (TPSA) is 171 Å². The lowest BCUT2D eigenvalue weighted by molar-refractivity contribution is 0.0872. The minimum absolute atomic E-state index is 0.0220. The molecule has 0 atom stereocenters. The summed E-state index contributed by atoms with van der Waals surface area (Å²) in [5.74, 6) is -0.0661. The molecule has 0 saturated carbocycles. The fraction of sp³-hybridized carbons (Fsp3) is 0.643. The average Bonchev–Trinajstić information content (AvgIpc) is 3.82. The molecule has 4 heterocycles. The van der Waals surface area contributed by atoms with Crippen molar-refractivity contribution in [3.05, 3.63) is 83.8 Å². The Bertz CT molecular complexity index is 1880. The summed E-state index contributed by atoms with van der Waals surface area (Å²) in [6.07, 6.45) is 12.7. The van der Waals surface area contributed by atoms with E-state index in [9.17, 15) is 28.8 Å². The molecule has 15 nitrogen and oxygen atoms in total. The molecule has 0 saturated heterocycles. The molecule has 0 aromatic carbocycles. The van der Waals surface area contributed by atoms with E-state index in [-0.39, 0.29) is 37.4 Å². The highest BCUT2D eigenvalue weighted by molar-refractivity contribution is 5.79. The van der Waals surface area contributed by atoms with Crippen molar-refractivity contribution >= 4 is 17.7 Å². The van der Waals surface area contributed by atoms with Gasteiger partial charge in [0, 0.05) is 56.0 Å². The van der Waals surface area contributed by atoms with Crippen molar-refractivity contribution in [2.75, 3.05) is 0 Å². The van der Waals surface area contributed by atoms with Gasteiger partial charge < -0.3 is 0 Å². The molecule has 0 N–H and O–H groups in total. The Morgan fingerprint density at radius 2 is 0.614 bits per heavy atom. The molecular weight excluding hydrogens is 727 g/mol. The molecule has 0 aliphatic rings. The standard InChI is InChI=1S/C42H63N9O6/c1-31-28-34(4)49(43-31)37(52)22-16-10-7-13-19-25-46-40(55)47(26-20-14-8-11-17-23-38(53)50-35(5)29-32(2)44-50)42(57)48(41(46)56)27-21-15-9-12-18-24-39(54)51-36(6)30-33(3)45-51/h28-30H,7-27H2,1-6H3. The second kappa shape index (κ2) is 22.1. The Labute approximate surface area is 335 Å². The predicted octanol–water partition coefficient (Wildman–Crippen LogP) is 6.65. The van der Waals surface area contributed by atoms with Gasteiger partial charge in [-0.15, -0.1) is 0 Å². The maximum absolute atomic E-state index is 13.6. The summed E-state index contributed by atoms with van der Waals surface area (Å²) in [5, 5.41) is 12.8. The van der Waals surface area contributed by atoms with Crippen molar-refractivity contribution < 1.29 is 14.4 Å². The summed E-state index contributed by atoms with van der Waals surface area (Å²) in [6.45, 7) is 11.8. The summed E-state index contributed by atoms with van der Waals surface area (Å²) >= 11 is 0. The Hall–Kier alpha value is -4.95. The third-order valence-electron chi connectivity index (χ3n) is 10.4. The number of unbranched alkanes of at least 4 members (excludes halogenated alkanes) is 12. The molecule has 0 spiro atoms. The zero-order valence-corrected chi connectivity index (χ0v) is 35.1. The van der Waals surface area contributed by atoms with Crippen LogP contribution in [-0.4, -0.2) is 60.8 Å². The number of aromatic nitrogens is 9. The van der Waals surface area contributed by atoms with Gasteiger partial charge in [-0.3, -0.25) is 14.4 Å². The maximum Gasteiger partial charge on any atom is 0.336 e. The van der Waals surface area contributed by atoms with E-state index in [1.54, 1.807) is 0 Å². The van der Waals surface area contributed by atoms with Crippen molar-refractivity contribution in [3.63, 3.8) is 0 Å². The molecule has 4 aromatic heterocycles. The fourth-order valence-electron chi connectivity index (χ4n) is 7.45. The Kier molecular flexibility index (Phi) is 17.4. The number of nitrogens with zero attached hydrogens (tertiary/aromatic N) is 9. The summed E-state index contributed by atoms with van der Waals surface area (Å²) in [5.41, 5.74) is 3.22. The SMILES string of the molecule is Cc1cc(C)n(C(=O)CCCCCCCn2c(=O)n(CCCCCCCC(=O)n3nc(C)cc3C)c(=O)n(CCCCCCCC(=O)n3nc(C)cc3C)c2=O)n1. The van der Waals surface area contributed by atoms with Crippen LogP contribution in [0.2, 0.25) is 0 Å².